The molecule has 122 valence electrons. The average Bonchev–Trinajstić information content (AvgIpc) is 2.87. The van der Waals surface area contributed by atoms with Crippen molar-refractivity contribution in [1.29, 1.82) is 0 Å². The van der Waals surface area contributed by atoms with E-state index >= 15 is 0 Å². The second-order valence-corrected chi connectivity index (χ2v) is 5.93. The van der Waals surface area contributed by atoms with Gasteiger partial charge in [-0.25, -0.2) is 9.78 Å². The van der Waals surface area contributed by atoms with Crippen molar-refractivity contribution in [3.8, 4) is 5.88 Å². The SMILES string of the molecule is CCOc1ccc(CN2CCC(NC(=O)NC(C)C)C2)cn1. The molecule has 6 nitrogen and oxygen atoms in total. The van der Waals surface area contributed by atoms with Crippen LogP contribution in [0.15, 0.2) is 18.3 Å². The van der Waals surface area contributed by atoms with E-state index in [1.165, 1.54) is 0 Å². The molecule has 1 aromatic heterocycles. The number of likely N-dealkylation sites (tertiary alicyclic amines) is 1. The molecular weight excluding hydrogens is 280 g/mol. The van der Waals surface area contributed by atoms with Gasteiger partial charge in [-0.05, 0) is 32.8 Å². The number of ether oxygens (including phenoxy) is 1. The van der Waals surface area contributed by atoms with E-state index < -0.39 is 0 Å². The lowest BCUT2D eigenvalue weighted by molar-refractivity contribution is 0.233. The summed E-state index contributed by atoms with van der Waals surface area (Å²) in [5.74, 6) is 0.664. The lowest BCUT2D eigenvalue weighted by Gasteiger charge is -2.17. The molecule has 1 aliphatic rings. The van der Waals surface area contributed by atoms with Crippen LogP contribution in [-0.2, 0) is 6.54 Å². The topological polar surface area (TPSA) is 66.5 Å². The van der Waals surface area contributed by atoms with E-state index in [9.17, 15) is 4.79 Å². The number of nitrogens with one attached hydrogen (secondary N) is 2. The molecule has 1 atom stereocenters. The van der Waals surface area contributed by atoms with Crippen molar-refractivity contribution in [1.82, 2.24) is 20.5 Å². The van der Waals surface area contributed by atoms with E-state index in [1.54, 1.807) is 0 Å². The normalized spacial score (nSPS) is 18.5. The maximum atomic E-state index is 11.7. The molecule has 2 heterocycles. The highest BCUT2D eigenvalue weighted by atomic mass is 16.5. The zero-order valence-electron chi connectivity index (χ0n) is 13.6. The molecule has 2 rings (SSSR count). The van der Waals surface area contributed by atoms with Crippen molar-refractivity contribution in [3.05, 3.63) is 23.9 Å². The van der Waals surface area contributed by atoms with Crippen LogP contribution in [0.4, 0.5) is 4.79 Å². The summed E-state index contributed by atoms with van der Waals surface area (Å²) in [6.07, 6.45) is 2.84. The minimum absolute atomic E-state index is 0.0791. The van der Waals surface area contributed by atoms with Crippen LogP contribution in [-0.4, -0.2) is 47.7 Å². The number of hydrogen-bond donors (Lipinski definition) is 2. The van der Waals surface area contributed by atoms with Crippen molar-refractivity contribution >= 4 is 6.03 Å². The van der Waals surface area contributed by atoms with Crippen molar-refractivity contribution in [2.75, 3.05) is 19.7 Å². The van der Waals surface area contributed by atoms with Crippen LogP contribution in [0.25, 0.3) is 0 Å². The number of pyridine rings is 1. The largest absolute Gasteiger partial charge is 0.478 e. The first-order valence-electron chi connectivity index (χ1n) is 7.94. The molecule has 1 unspecified atom stereocenters. The first-order chi connectivity index (χ1) is 10.6. The highest BCUT2D eigenvalue weighted by molar-refractivity contribution is 5.74. The molecule has 1 fully saturated rings. The number of hydrogen-bond acceptors (Lipinski definition) is 4. The third-order valence-corrected chi connectivity index (χ3v) is 3.52. The van der Waals surface area contributed by atoms with Crippen molar-refractivity contribution in [2.24, 2.45) is 0 Å². The summed E-state index contributed by atoms with van der Waals surface area (Å²) < 4.78 is 5.34. The van der Waals surface area contributed by atoms with Gasteiger partial charge in [0.05, 0.1) is 6.61 Å². The Morgan fingerprint density at radius 2 is 2.32 bits per heavy atom. The predicted octanol–water partition coefficient (Wildman–Crippen LogP) is 1.76. The summed E-state index contributed by atoms with van der Waals surface area (Å²) >= 11 is 0. The van der Waals surface area contributed by atoms with Crippen molar-refractivity contribution in [2.45, 2.75) is 45.8 Å². The third-order valence-electron chi connectivity index (χ3n) is 3.52. The Morgan fingerprint density at radius 1 is 1.50 bits per heavy atom. The number of nitrogens with zero attached hydrogens (tertiary/aromatic N) is 2. The quantitative estimate of drug-likeness (QED) is 0.840. The summed E-state index contributed by atoms with van der Waals surface area (Å²) in [7, 11) is 0. The third kappa shape index (κ3) is 5.18. The van der Waals surface area contributed by atoms with Gasteiger partial charge >= 0.3 is 6.03 Å². The minimum atomic E-state index is -0.0791. The van der Waals surface area contributed by atoms with Gasteiger partial charge in [0.1, 0.15) is 0 Å². The standard InChI is InChI=1S/C16H26N4O2/c1-4-22-15-6-5-13(9-17-15)10-20-8-7-14(11-20)19-16(21)18-12(2)3/h5-6,9,12,14H,4,7-8,10-11H2,1-3H3,(H2,18,19,21). The first kappa shape index (κ1) is 16.5. The fraction of sp³-hybridized carbons (Fsp3) is 0.625. The van der Waals surface area contributed by atoms with Crippen LogP contribution in [0, 0.1) is 0 Å². The molecular formula is C16H26N4O2. The highest BCUT2D eigenvalue weighted by Crippen LogP contribution is 2.15. The van der Waals surface area contributed by atoms with Gasteiger partial charge < -0.3 is 15.4 Å². The molecule has 0 bridgehead atoms. The Kier molecular flexibility index (Phi) is 6.00. The number of aromatic nitrogens is 1. The summed E-state index contributed by atoms with van der Waals surface area (Å²) in [5, 5.41) is 5.88. The summed E-state index contributed by atoms with van der Waals surface area (Å²) in [5.41, 5.74) is 1.16. The Labute approximate surface area is 132 Å². The fourth-order valence-electron chi connectivity index (χ4n) is 2.58. The highest BCUT2D eigenvalue weighted by Gasteiger charge is 2.23. The first-order valence-corrected chi connectivity index (χ1v) is 7.94. The van der Waals surface area contributed by atoms with Gasteiger partial charge in [0.15, 0.2) is 0 Å². The average molecular weight is 306 g/mol. The Morgan fingerprint density at radius 3 is 2.95 bits per heavy atom. The van der Waals surface area contributed by atoms with Crippen molar-refractivity contribution < 1.29 is 9.53 Å². The lowest BCUT2D eigenvalue weighted by atomic mass is 10.2. The second-order valence-electron chi connectivity index (χ2n) is 5.93. The number of urea groups is 1. The zero-order valence-corrected chi connectivity index (χ0v) is 13.6. The molecule has 2 N–H and O–H groups in total. The van der Waals surface area contributed by atoms with E-state index in [0.717, 1.165) is 31.6 Å². The summed E-state index contributed by atoms with van der Waals surface area (Å²) in [6.45, 7) is 9.20. The van der Waals surface area contributed by atoms with E-state index in [2.05, 4.69) is 20.5 Å². The molecule has 2 amide bonds. The van der Waals surface area contributed by atoms with Crippen LogP contribution in [0.1, 0.15) is 32.8 Å². The van der Waals surface area contributed by atoms with Gasteiger partial charge in [-0.3, -0.25) is 4.90 Å². The molecule has 1 aromatic rings. The van der Waals surface area contributed by atoms with Crippen LogP contribution >= 0.6 is 0 Å². The second kappa shape index (κ2) is 7.98. The number of carbonyl (C=O) groups is 1. The van der Waals surface area contributed by atoms with Gasteiger partial charge in [-0.15, -0.1) is 0 Å². The summed E-state index contributed by atoms with van der Waals surface area (Å²) in [4.78, 5) is 18.3. The Balaban J connectivity index is 1.77. The van der Waals surface area contributed by atoms with E-state index in [4.69, 9.17) is 4.74 Å². The molecule has 1 saturated heterocycles. The van der Waals surface area contributed by atoms with Crippen LogP contribution in [0.2, 0.25) is 0 Å². The van der Waals surface area contributed by atoms with E-state index in [1.807, 2.05) is 39.1 Å². The van der Waals surface area contributed by atoms with Gasteiger partial charge in [0, 0.05) is 44.0 Å². The molecule has 0 radical (unpaired) electrons. The maximum Gasteiger partial charge on any atom is 0.315 e. The molecule has 0 saturated carbocycles. The number of rotatable bonds is 6. The van der Waals surface area contributed by atoms with Crippen LogP contribution < -0.4 is 15.4 Å². The molecule has 6 heteroatoms. The fourth-order valence-corrected chi connectivity index (χ4v) is 2.58. The van der Waals surface area contributed by atoms with Gasteiger partial charge in [0.2, 0.25) is 5.88 Å². The summed E-state index contributed by atoms with van der Waals surface area (Å²) in [6, 6.07) is 4.25. The van der Waals surface area contributed by atoms with Gasteiger partial charge in [0.25, 0.3) is 0 Å². The predicted molar refractivity (Wildman–Crippen MR) is 85.9 cm³/mol. The molecule has 1 aliphatic heterocycles. The zero-order chi connectivity index (χ0) is 15.9. The van der Waals surface area contributed by atoms with Crippen LogP contribution in [0.3, 0.4) is 0 Å². The monoisotopic (exact) mass is 306 g/mol. The van der Waals surface area contributed by atoms with Gasteiger partial charge in [-0.2, -0.15) is 0 Å². The minimum Gasteiger partial charge on any atom is -0.478 e. The number of carbonyl (C=O) groups excluding carboxylic acids is 1. The maximum absolute atomic E-state index is 11.7. The molecule has 22 heavy (non-hydrogen) atoms. The van der Waals surface area contributed by atoms with Crippen LogP contribution in [0.5, 0.6) is 5.88 Å². The van der Waals surface area contributed by atoms with Gasteiger partial charge in [-0.1, -0.05) is 6.07 Å². The lowest BCUT2D eigenvalue weighted by Crippen LogP contribution is -2.45. The Bertz CT molecular complexity index is 476. The smallest absolute Gasteiger partial charge is 0.315 e. The number of amides is 2. The molecule has 0 spiro atoms. The molecule has 0 aliphatic carbocycles. The van der Waals surface area contributed by atoms with E-state index in [0.29, 0.717) is 12.5 Å². The van der Waals surface area contributed by atoms with Crippen molar-refractivity contribution in [3.63, 3.8) is 0 Å². The Hall–Kier alpha value is -1.82. The molecule has 0 aromatic carbocycles. The van der Waals surface area contributed by atoms with E-state index in [-0.39, 0.29) is 18.1 Å².